The van der Waals surface area contributed by atoms with Crippen molar-refractivity contribution in [2.75, 3.05) is 6.54 Å². The smallest absolute Gasteiger partial charge is 0.274 e. The van der Waals surface area contributed by atoms with Gasteiger partial charge in [-0.3, -0.25) is 9.59 Å². The summed E-state index contributed by atoms with van der Waals surface area (Å²) < 4.78 is 1.61. The van der Waals surface area contributed by atoms with Crippen molar-refractivity contribution in [2.45, 2.75) is 25.8 Å². The van der Waals surface area contributed by atoms with Gasteiger partial charge in [0.25, 0.3) is 5.91 Å². The highest BCUT2D eigenvalue weighted by atomic mass is 35.5. The Bertz CT molecular complexity index is 773. The van der Waals surface area contributed by atoms with Gasteiger partial charge in [-0.1, -0.05) is 17.7 Å². The lowest BCUT2D eigenvalue weighted by Crippen LogP contribution is -2.48. The lowest BCUT2D eigenvalue weighted by molar-refractivity contribution is -0.123. The van der Waals surface area contributed by atoms with Crippen molar-refractivity contribution in [1.29, 1.82) is 0 Å². The molecule has 1 aromatic carbocycles. The quantitative estimate of drug-likeness (QED) is 0.925. The van der Waals surface area contributed by atoms with Crippen molar-refractivity contribution in [2.24, 2.45) is 11.7 Å². The average molecular weight is 347 g/mol. The second-order valence-electron chi connectivity index (χ2n) is 6.11. The molecular weight excluding hydrogens is 328 g/mol. The molecule has 0 unspecified atom stereocenters. The number of halogens is 1. The average Bonchev–Trinajstić information content (AvgIpc) is 3.04. The van der Waals surface area contributed by atoms with Crippen LogP contribution in [0.3, 0.4) is 0 Å². The van der Waals surface area contributed by atoms with Crippen LogP contribution in [0.2, 0.25) is 5.02 Å². The largest absolute Gasteiger partial charge is 0.369 e. The molecule has 126 valence electrons. The Morgan fingerprint density at radius 2 is 2.08 bits per heavy atom. The SMILES string of the molecule is C[C@H]1CC[C@@H](C(N)=O)CN1C(=O)c1ccn(-c2cccc(Cl)c2)n1. The van der Waals surface area contributed by atoms with Gasteiger partial charge in [0.2, 0.25) is 5.91 Å². The molecule has 0 bridgehead atoms. The van der Waals surface area contributed by atoms with Crippen molar-refractivity contribution in [3.05, 3.63) is 47.2 Å². The highest BCUT2D eigenvalue weighted by Crippen LogP contribution is 2.23. The van der Waals surface area contributed by atoms with Crippen LogP contribution in [-0.4, -0.2) is 39.1 Å². The third-order valence-corrected chi connectivity index (χ3v) is 4.66. The minimum atomic E-state index is -0.357. The first-order valence-electron chi connectivity index (χ1n) is 7.87. The van der Waals surface area contributed by atoms with Crippen LogP contribution in [0.25, 0.3) is 5.69 Å². The molecule has 2 N–H and O–H groups in total. The Morgan fingerprint density at radius 3 is 2.79 bits per heavy atom. The fourth-order valence-corrected chi connectivity index (χ4v) is 3.15. The first-order chi connectivity index (χ1) is 11.5. The number of aromatic nitrogens is 2. The summed E-state index contributed by atoms with van der Waals surface area (Å²) in [6.07, 6.45) is 3.20. The molecule has 1 aromatic heterocycles. The van der Waals surface area contributed by atoms with E-state index in [9.17, 15) is 9.59 Å². The second-order valence-corrected chi connectivity index (χ2v) is 6.55. The normalized spacial score (nSPS) is 20.8. The van der Waals surface area contributed by atoms with Gasteiger partial charge in [-0.15, -0.1) is 0 Å². The van der Waals surface area contributed by atoms with Gasteiger partial charge in [-0.25, -0.2) is 4.68 Å². The summed E-state index contributed by atoms with van der Waals surface area (Å²) in [6.45, 7) is 2.32. The Balaban J connectivity index is 1.81. The molecule has 24 heavy (non-hydrogen) atoms. The van der Waals surface area contributed by atoms with E-state index in [0.29, 0.717) is 17.3 Å². The summed E-state index contributed by atoms with van der Waals surface area (Å²) in [4.78, 5) is 25.9. The van der Waals surface area contributed by atoms with Crippen molar-refractivity contribution in [3.8, 4) is 5.69 Å². The number of nitrogens with two attached hydrogens (primary N) is 1. The van der Waals surface area contributed by atoms with E-state index < -0.39 is 0 Å². The van der Waals surface area contributed by atoms with Gasteiger partial charge in [-0.05, 0) is 44.0 Å². The second kappa shape index (κ2) is 6.65. The van der Waals surface area contributed by atoms with Gasteiger partial charge in [-0.2, -0.15) is 5.10 Å². The van der Waals surface area contributed by atoms with Crippen molar-refractivity contribution in [1.82, 2.24) is 14.7 Å². The molecule has 2 atom stereocenters. The van der Waals surface area contributed by atoms with Gasteiger partial charge < -0.3 is 10.6 Å². The molecule has 6 nitrogen and oxygen atoms in total. The van der Waals surface area contributed by atoms with Crippen molar-refractivity contribution >= 4 is 23.4 Å². The number of hydrogen-bond acceptors (Lipinski definition) is 3. The zero-order valence-electron chi connectivity index (χ0n) is 13.4. The van der Waals surface area contributed by atoms with Gasteiger partial charge in [0, 0.05) is 23.8 Å². The maximum absolute atomic E-state index is 12.8. The van der Waals surface area contributed by atoms with Crippen LogP contribution in [0.4, 0.5) is 0 Å². The van der Waals surface area contributed by atoms with E-state index in [1.165, 1.54) is 0 Å². The topological polar surface area (TPSA) is 81.2 Å². The van der Waals surface area contributed by atoms with Gasteiger partial charge in [0.05, 0.1) is 11.6 Å². The van der Waals surface area contributed by atoms with E-state index in [-0.39, 0.29) is 23.8 Å². The predicted octanol–water partition coefficient (Wildman–Crippen LogP) is 2.25. The van der Waals surface area contributed by atoms with Crippen LogP contribution in [-0.2, 0) is 4.79 Å². The summed E-state index contributed by atoms with van der Waals surface area (Å²) in [7, 11) is 0. The number of amides is 2. The number of benzene rings is 1. The number of hydrogen-bond donors (Lipinski definition) is 1. The lowest BCUT2D eigenvalue weighted by atomic mass is 9.92. The molecule has 0 radical (unpaired) electrons. The lowest BCUT2D eigenvalue weighted by Gasteiger charge is -2.36. The van der Waals surface area contributed by atoms with E-state index >= 15 is 0 Å². The predicted molar refractivity (Wildman–Crippen MR) is 91.0 cm³/mol. The monoisotopic (exact) mass is 346 g/mol. The van der Waals surface area contributed by atoms with Crippen LogP contribution in [0.1, 0.15) is 30.3 Å². The minimum absolute atomic E-state index is 0.0596. The first kappa shape index (κ1) is 16.5. The molecule has 0 saturated carbocycles. The van der Waals surface area contributed by atoms with Crippen LogP contribution in [0.15, 0.2) is 36.5 Å². The molecule has 7 heteroatoms. The maximum Gasteiger partial charge on any atom is 0.274 e. The number of piperidine rings is 1. The summed E-state index contributed by atoms with van der Waals surface area (Å²) in [5.41, 5.74) is 6.52. The molecule has 1 aliphatic heterocycles. The number of nitrogens with zero attached hydrogens (tertiary/aromatic N) is 3. The number of likely N-dealkylation sites (tertiary alicyclic amines) is 1. The number of carbonyl (C=O) groups is 2. The number of rotatable bonds is 3. The van der Waals surface area contributed by atoms with Gasteiger partial charge >= 0.3 is 0 Å². The fraction of sp³-hybridized carbons (Fsp3) is 0.353. The minimum Gasteiger partial charge on any atom is -0.369 e. The van der Waals surface area contributed by atoms with Gasteiger partial charge in [0.15, 0.2) is 5.69 Å². The molecule has 3 rings (SSSR count). The molecule has 0 aliphatic carbocycles. The fourth-order valence-electron chi connectivity index (χ4n) is 2.97. The molecule has 1 saturated heterocycles. The number of carbonyl (C=O) groups excluding carboxylic acids is 2. The third-order valence-electron chi connectivity index (χ3n) is 4.43. The third kappa shape index (κ3) is 3.28. The van der Waals surface area contributed by atoms with Crippen LogP contribution in [0, 0.1) is 5.92 Å². The van der Waals surface area contributed by atoms with Crippen LogP contribution in [0.5, 0.6) is 0 Å². The van der Waals surface area contributed by atoms with E-state index in [1.54, 1.807) is 34.0 Å². The summed E-state index contributed by atoms with van der Waals surface area (Å²) in [5, 5.41) is 4.95. The van der Waals surface area contributed by atoms with Crippen molar-refractivity contribution in [3.63, 3.8) is 0 Å². The Morgan fingerprint density at radius 1 is 1.29 bits per heavy atom. The summed E-state index contributed by atoms with van der Waals surface area (Å²) >= 11 is 5.99. The van der Waals surface area contributed by atoms with E-state index in [0.717, 1.165) is 18.5 Å². The molecule has 2 amide bonds. The van der Waals surface area contributed by atoms with E-state index in [1.807, 2.05) is 19.1 Å². The standard InChI is InChI=1S/C17H19ClN4O2/c1-11-5-6-12(16(19)23)10-21(11)17(24)15-7-8-22(20-15)14-4-2-3-13(18)9-14/h2-4,7-9,11-12H,5-6,10H2,1H3,(H2,19,23)/t11-,12+/m0/s1. The zero-order chi connectivity index (χ0) is 17.3. The molecular formula is C17H19ClN4O2. The highest BCUT2D eigenvalue weighted by Gasteiger charge is 2.32. The Kier molecular flexibility index (Phi) is 4.57. The molecule has 2 heterocycles. The van der Waals surface area contributed by atoms with E-state index in [4.69, 9.17) is 17.3 Å². The maximum atomic E-state index is 12.8. The molecule has 1 fully saturated rings. The van der Waals surface area contributed by atoms with E-state index in [2.05, 4.69) is 5.10 Å². The Labute approximate surface area is 145 Å². The molecule has 2 aromatic rings. The van der Waals surface area contributed by atoms with Crippen LogP contribution >= 0.6 is 11.6 Å². The first-order valence-corrected chi connectivity index (χ1v) is 8.25. The summed E-state index contributed by atoms with van der Waals surface area (Å²) in [6, 6.07) is 8.97. The highest BCUT2D eigenvalue weighted by molar-refractivity contribution is 6.30. The molecule has 0 spiro atoms. The van der Waals surface area contributed by atoms with Crippen LogP contribution < -0.4 is 5.73 Å². The molecule has 1 aliphatic rings. The van der Waals surface area contributed by atoms with Gasteiger partial charge in [0.1, 0.15) is 0 Å². The zero-order valence-corrected chi connectivity index (χ0v) is 14.1. The Hall–Kier alpha value is -2.34. The van der Waals surface area contributed by atoms with Crippen molar-refractivity contribution < 1.29 is 9.59 Å². The summed E-state index contributed by atoms with van der Waals surface area (Å²) in [5.74, 6) is -0.835. The number of primary amides is 1.